The Kier molecular flexibility index (Phi) is 5.90. The van der Waals surface area contributed by atoms with Gasteiger partial charge in [-0.15, -0.1) is 11.6 Å². The first-order chi connectivity index (χ1) is 10.6. The molecule has 0 spiro atoms. The minimum absolute atomic E-state index is 0.146. The van der Waals surface area contributed by atoms with Gasteiger partial charge in [-0.25, -0.2) is 4.98 Å². The number of nitrogen functional groups attached to an aromatic ring is 1. The number of nitrogens with zero attached hydrogens (tertiary/aromatic N) is 1. The van der Waals surface area contributed by atoms with Crippen LogP contribution < -0.4 is 15.8 Å². The molecule has 0 saturated carbocycles. The second kappa shape index (κ2) is 7.90. The van der Waals surface area contributed by atoms with Crippen molar-refractivity contribution in [1.82, 2.24) is 4.98 Å². The highest BCUT2D eigenvalue weighted by molar-refractivity contribution is 6.20. The molecule has 2 rings (SSSR count). The lowest BCUT2D eigenvalue weighted by atomic mass is 10.2. The van der Waals surface area contributed by atoms with E-state index in [9.17, 15) is 0 Å². The minimum atomic E-state index is -0.176. The standard InChI is InChI=1S/C17H22ClN3O/c1-3-14(11-22-15-7-5-4-6-8-15)20-17-10-13(19)9-16(21-17)12(2)18/h4-10,12,14H,3,11H2,1-2H3,(H3,19,20,21)/t12-,14?/m1/s1. The van der Waals surface area contributed by atoms with Crippen LogP contribution in [0.3, 0.4) is 0 Å². The lowest BCUT2D eigenvalue weighted by Gasteiger charge is -2.19. The molecule has 0 bridgehead atoms. The zero-order valence-corrected chi connectivity index (χ0v) is 13.7. The Balaban J connectivity index is 2.00. The van der Waals surface area contributed by atoms with E-state index in [1.54, 1.807) is 6.07 Å². The van der Waals surface area contributed by atoms with Crippen molar-refractivity contribution in [3.63, 3.8) is 0 Å². The Hall–Kier alpha value is -1.94. The number of halogens is 1. The van der Waals surface area contributed by atoms with Crippen molar-refractivity contribution in [2.75, 3.05) is 17.7 Å². The van der Waals surface area contributed by atoms with Crippen molar-refractivity contribution >= 4 is 23.1 Å². The van der Waals surface area contributed by atoms with Crippen molar-refractivity contribution in [3.8, 4) is 5.75 Å². The first-order valence-electron chi connectivity index (χ1n) is 7.44. The molecule has 1 aromatic heterocycles. The first-order valence-corrected chi connectivity index (χ1v) is 7.88. The highest BCUT2D eigenvalue weighted by atomic mass is 35.5. The number of nitrogens with one attached hydrogen (secondary N) is 1. The van der Waals surface area contributed by atoms with E-state index in [0.717, 1.165) is 23.7 Å². The summed E-state index contributed by atoms with van der Waals surface area (Å²) in [6.07, 6.45) is 0.912. The third-order valence-corrected chi connectivity index (χ3v) is 3.54. The van der Waals surface area contributed by atoms with Gasteiger partial charge in [0.25, 0.3) is 0 Å². The van der Waals surface area contributed by atoms with Crippen molar-refractivity contribution in [2.24, 2.45) is 0 Å². The molecule has 5 heteroatoms. The average molecular weight is 320 g/mol. The number of ether oxygens (including phenoxy) is 1. The lowest BCUT2D eigenvalue weighted by Crippen LogP contribution is -2.27. The van der Waals surface area contributed by atoms with Crippen LogP contribution in [-0.4, -0.2) is 17.6 Å². The third-order valence-electron chi connectivity index (χ3n) is 3.31. The van der Waals surface area contributed by atoms with Crippen molar-refractivity contribution in [1.29, 1.82) is 0 Å². The molecule has 1 aromatic carbocycles. The Morgan fingerprint density at radius 2 is 2.00 bits per heavy atom. The molecule has 0 saturated heterocycles. The highest BCUT2D eigenvalue weighted by Crippen LogP contribution is 2.22. The van der Waals surface area contributed by atoms with Gasteiger partial charge >= 0.3 is 0 Å². The summed E-state index contributed by atoms with van der Waals surface area (Å²) >= 11 is 6.09. The quantitative estimate of drug-likeness (QED) is 0.750. The Morgan fingerprint density at radius 1 is 1.27 bits per heavy atom. The lowest BCUT2D eigenvalue weighted by molar-refractivity contribution is 0.294. The molecule has 118 valence electrons. The maximum absolute atomic E-state index is 6.09. The van der Waals surface area contributed by atoms with Gasteiger partial charge in [-0.3, -0.25) is 0 Å². The van der Waals surface area contributed by atoms with Crippen molar-refractivity contribution < 1.29 is 4.74 Å². The number of rotatable bonds is 7. The van der Waals surface area contributed by atoms with E-state index in [1.807, 2.05) is 43.3 Å². The van der Waals surface area contributed by atoms with Crippen LogP contribution in [0, 0.1) is 0 Å². The van der Waals surface area contributed by atoms with Crippen LogP contribution in [0.15, 0.2) is 42.5 Å². The van der Waals surface area contributed by atoms with Crippen molar-refractivity contribution in [2.45, 2.75) is 31.7 Å². The molecule has 1 heterocycles. The molecule has 0 amide bonds. The maximum atomic E-state index is 6.09. The third kappa shape index (κ3) is 4.81. The zero-order valence-electron chi connectivity index (χ0n) is 12.9. The summed E-state index contributed by atoms with van der Waals surface area (Å²) in [5.41, 5.74) is 7.33. The number of aromatic nitrogens is 1. The summed E-state index contributed by atoms with van der Waals surface area (Å²) in [6, 6.07) is 13.5. The van der Waals surface area contributed by atoms with E-state index in [4.69, 9.17) is 22.1 Å². The molecular formula is C17H22ClN3O. The summed E-state index contributed by atoms with van der Waals surface area (Å²) in [4.78, 5) is 4.50. The minimum Gasteiger partial charge on any atom is -0.491 e. The maximum Gasteiger partial charge on any atom is 0.128 e. The average Bonchev–Trinajstić information content (AvgIpc) is 2.51. The second-order valence-electron chi connectivity index (χ2n) is 5.20. The monoisotopic (exact) mass is 319 g/mol. The number of hydrogen-bond donors (Lipinski definition) is 2. The SMILES string of the molecule is CCC(COc1ccccc1)Nc1cc(N)cc([C@@H](C)Cl)n1. The molecule has 0 fully saturated rings. The largest absolute Gasteiger partial charge is 0.491 e. The summed E-state index contributed by atoms with van der Waals surface area (Å²) in [5, 5.41) is 3.18. The van der Waals surface area contributed by atoms with Gasteiger partial charge in [-0.05, 0) is 31.5 Å². The molecule has 0 aliphatic carbocycles. The Morgan fingerprint density at radius 3 is 2.64 bits per heavy atom. The van der Waals surface area contributed by atoms with Gasteiger partial charge in [0.1, 0.15) is 18.2 Å². The number of alkyl halides is 1. The number of nitrogens with two attached hydrogens (primary N) is 1. The molecule has 0 radical (unpaired) electrons. The molecule has 22 heavy (non-hydrogen) atoms. The van der Waals surface area contributed by atoms with E-state index in [1.165, 1.54) is 0 Å². The molecule has 0 aliphatic rings. The molecule has 0 aliphatic heterocycles. The fourth-order valence-corrected chi connectivity index (χ4v) is 2.15. The van der Waals surface area contributed by atoms with Crippen LogP contribution >= 0.6 is 11.6 Å². The Labute approximate surface area is 136 Å². The fourth-order valence-electron chi connectivity index (χ4n) is 2.04. The molecule has 2 atom stereocenters. The molecular weight excluding hydrogens is 298 g/mol. The smallest absolute Gasteiger partial charge is 0.128 e. The Bertz CT molecular complexity index is 590. The van der Waals surface area contributed by atoms with Gasteiger partial charge < -0.3 is 15.8 Å². The van der Waals surface area contributed by atoms with Gasteiger partial charge in [0.15, 0.2) is 0 Å². The van der Waals surface area contributed by atoms with E-state index >= 15 is 0 Å². The molecule has 3 N–H and O–H groups in total. The van der Waals surface area contributed by atoms with Gasteiger partial charge in [-0.1, -0.05) is 25.1 Å². The zero-order chi connectivity index (χ0) is 15.9. The highest BCUT2D eigenvalue weighted by Gasteiger charge is 2.11. The second-order valence-corrected chi connectivity index (χ2v) is 5.85. The van der Waals surface area contributed by atoms with Gasteiger partial charge in [0, 0.05) is 11.8 Å². The number of anilines is 2. The van der Waals surface area contributed by atoms with E-state index in [2.05, 4.69) is 17.2 Å². The van der Waals surface area contributed by atoms with Crippen LogP contribution in [-0.2, 0) is 0 Å². The summed E-state index contributed by atoms with van der Waals surface area (Å²) < 4.78 is 5.79. The molecule has 2 aromatic rings. The van der Waals surface area contributed by atoms with Crippen molar-refractivity contribution in [3.05, 3.63) is 48.2 Å². The van der Waals surface area contributed by atoms with Crippen LogP contribution in [0.4, 0.5) is 11.5 Å². The van der Waals surface area contributed by atoms with Crippen LogP contribution in [0.2, 0.25) is 0 Å². The van der Waals surface area contributed by atoms with E-state index < -0.39 is 0 Å². The number of hydrogen-bond acceptors (Lipinski definition) is 4. The van der Waals surface area contributed by atoms with Crippen LogP contribution in [0.25, 0.3) is 0 Å². The summed E-state index contributed by atoms with van der Waals surface area (Å²) in [7, 11) is 0. The number of pyridine rings is 1. The number of para-hydroxylation sites is 1. The van der Waals surface area contributed by atoms with E-state index in [0.29, 0.717) is 12.3 Å². The van der Waals surface area contributed by atoms with Crippen LogP contribution in [0.1, 0.15) is 31.3 Å². The van der Waals surface area contributed by atoms with Gasteiger partial charge in [0.05, 0.1) is 17.1 Å². The number of benzene rings is 1. The van der Waals surface area contributed by atoms with Gasteiger partial charge in [-0.2, -0.15) is 0 Å². The van der Waals surface area contributed by atoms with E-state index in [-0.39, 0.29) is 11.4 Å². The predicted molar refractivity (Wildman–Crippen MR) is 92.6 cm³/mol. The molecule has 1 unspecified atom stereocenters. The summed E-state index contributed by atoms with van der Waals surface area (Å²) in [5.74, 6) is 1.59. The first kappa shape index (κ1) is 16.4. The topological polar surface area (TPSA) is 60.2 Å². The predicted octanol–water partition coefficient (Wildman–Crippen LogP) is 4.23. The summed E-state index contributed by atoms with van der Waals surface area (Å²) in [6.45, 7) is 4.54. The fraction of sp³-hybridized carbons (Fsp3) is 0.353. The van der Waals surface area contributed by atoms with Gasteiger partial charge in [0.2, 0.25) is 0 Å². The molecule has 4 nitrogen and oxygen atoms in total. The normalized spacial score (nSPS) is 13.4. The van der Waals surface area contributed by atoms with Crippen LogP contribution in [0.5, 0.6) is 5.75 Å².